The average molecular weight is 154 g/mol. The Hall–Kier alpha value is -0.670. The van der Waals surface area contributed by atoms with Crippen molar-refractivity contribution in [3.63, 3.8) is 0 Å². The molecule has 3 nitrogen and oxygen atoms in total. The first-order valence-corrected chi connectivity index (χ1v) is 3.76. The van der Waals surface area contributed by atoms with Crippen molar-refractivity contribution in [2.24, 2.45) is 11.8 Å². The third-order valence-electron chi connectivity index (χ3n) is 2.47. The molecule has 0 amide bonds. The Balaban J connectivity index is 2.21. The van der Waals surface area contributed by atoms with Gasteiger partial charge in [0.2, 0.25) is 0 Å². The Morgan fingerprint density at radius 2 is 2.18 bits per heavy atom. The molecule has 0 aromatic rings. The van der Waals surface area contributed by atoms with Gasteiger partial charge in [-0.2, -0.15) is 0 Å². The molecule has 2 aliphatic rings. The summed E-state index contributed by atoms with van der Waals surface area (Å²) in [5.41, 5.74) is 0. The smallest absolute Gasteiger partial charge is 0.126 e. The van der Waals surface area contributed by atoms with Crippen LogP contribution in [0, 0.1) is 11.8 Å². The number of hydrogen-bond donors (Lipinski definition) is 1. The fourth-order valence-corrected chi connectivity index (χ4v) is 1.82. The van der Waals surface area contributed by atoms with E-state index in [9.17, 15) is 4.79 Å². The number of hydrogen-bond acceptors (Lipinski definition) is 3. The van der Waals surface area contributed by atoms with Crippen molar-refractivity contribution in [3.05, 3.63) is 12.2 Å². The third kappa shape index (κ3) is 0.847. The van der Waals surface area contributed by atoms with Crippen LogP contribution in [-0.2, 0) is 9.53 Å². The molecule has 4 atom stereocenters. The van der Waals surface area contributed by atoms with Crippen LogP contribution in [0.1, 0.15) is 0 Å². The van der Waals surface area contributed by atoms with E-state index >= 15 is 0 Å². The molecule has 1 saturated heterocycles. The highest BCUT2D eigenvalue weighted by atomic mass is 16.5. The molecule has 0 saturated carbocycles. The molecule has 0 aromatic heterocycles. The van der Waals surface area contributed by atoms with E-state index in [0.29, 0.717) is 0 Å². The first-order valence-electron chi connectivity index (χ1n) is 3.76. The summed E-state index contributed by atoms with van der Waals surface area (Å²) < 4.78 is 5.38. The van der Waals surface area contributed by atoms with Crippen LogP contribution in [0.4, 0.5) is 0 Å². The van der Waals surface area contributed by atoms with E-state index in [1.165, 1.54) is 0 Å². The molecule has 3 heteroatoms. The zero-order valence-corrected chi connectivity index (χ0v) is 6.01. The van der Waals surface area contributed by atoms with Crippen LogP contribution < -0.4 is 0 Å². The van der Waals surface area contributed by atoms with Gasteiger partial charge in [-0.25, -0.2) is 0 Å². The normalized spacial score (nSPS) is 46.6. The number of aliphatic hydroxyl groups excluding tert-OH is 1. The fraction of sp³-hybridized carbons (Fsp3) is 0.625. The van der Waals surface area contributed by atoms with E-state index < -0.39 is 0 Å². The Morgan fingerprint density at radius 3 is 2.73 bits per heavy atom. The van der Waals surface area contributed by atoms with Crippen molar-refractivity contribution in [2.75, 3.05) is 6.61 Å². The molecule has 2 aliphatic heterocycles. The SMILES string of the molecule is O=C[C@H]1[C@@H](CO)[C@@H]2C=C[C@H]1O2. The summed E-state index contributed by atoms with van der Waals surface area (Å²) in [6.45, 7) is 0.0366. The lowest BCUT2D eigenvalue weighted by Crippen LogP contribution is -2.27. The second-order valence-electron chi connectivity index (χ2n) is 3.01. The van der Waals surface area contributed by atoms with Crippen molar-refractivity contribution >= 4 is 6.29 Å². The highest BCUT2D eigenvalue weighted by molar-refractivity contribution is 5.58. The van der Waals surface area contributed by atoms with Crippen LogP contribution in [-0.4, -0.2) is 30.2 Å². The van der Waals surface area contributed by atoms with Gasteiger partial charge in [0.1, 0.15) is 6.29 Å². The van der Waals surface area contributed by atoms with Crippen LogP contribution >= 0.6 is 0 Å². The second kappa shape index (κ2) is 2.43. The second-order valence-corrected chi connectivity index (χ2v) is 3.01. The van der Waals surface area contributed by atoms with Gasteiger partial charge in [0.05, 0.1) is 18.1 Å². The van der Waals surface area contributed by atoms with E-state index in [1.807, 2.05) is 12.2 Å². The molecular weight excluding hydrogens is 144 g/mol. The number of ether oxygens (including phenoxy) is 1. The van der Waals surface area contributed by atoms with E-state index in [2.05, 4.69) is 0 Å². The van der Waals surface area contributed by atoms with Gasteiger partial charge in [-0.3, -0.25) is 0 Å². The maximum atomic E-state index is 10.5. The number of carbonyl (C=O) groups is 1. The minimum atomic E-state index is -0.130. The maximum Gasteiger partial charge on any atom is 0.126 e. The van der Waals surface area contributed by atoms with Gasteiger partial charge < -0.3 is 14.6 Å². The number of aldehydes is 1. The van der Waals surface area contributed by atoms with E-state index in [4.69, 9.17) is 9.84 Å². The number of carbonyl (C=O) groups excluding carboxylic acids is 1. The minimum absolute atomic E-state index is 0.0116. The highest BCUT2D eigenvalue weighted by Crippen LogP contribution is 2.37. The van der Waals surface area contributed by atoms with E-state index in [-0.39, 0.29) is 30.7 Å². The summed E-state index contributed by atoms with van der Waals surface area (Å²) in [6.07, 6.45) is 4.60. The molecule has 60 valence electrons. The van der Waals surface area contributed by atoms with Crippen molar-refractivity contribution < 1.29 is 14.6 Å². The maximum absolute atomic E-state index is 10.5. The molecule has 0 aromatic carbocycles. The van der Waals surface area contributed by atoms with Gasteiger partial charge in [0.25, 0.3) is 0 Å². The summed E-state index contributed by atoms with van der Waals surface area (Å²) in [4.78, 5) is 10.5. The predicted octanol–water partition coefficient (Wildman–Crippen LogP) is -0.253. The molecule has 1 N–H and O–H groups in total. The topological polar surface area (TPSA) is 46.5 Å². The lowest BCUT2D eigenvalue weighted by molar-refractivity contribution is -0.113. The Bertz CT molecular complexity index is 200. The quantitative estimate of drug-likeness (QED) is 0.440. The molecule has 2 rings (SSSR count). The summed E-state index contributed by atoms with van der Waals surface area (Å²) >= 11 is 0. The van der Waals surface area contributed by atoms with Gasteiger partial charge in [0, 0.05) is 12.5 Å². The van der Waals surface area contributed by atoms with Crippen molar-refractivity contribution in [1.82, 2.24) is 0 Å². The van der Waals surface area contributed by atoms with Crippen molar-refractivity contribution in [3.8, 4) is 0 Å². The van der Waals surface area contributed by atoms with Crippen LogP contribution in [0.3, 0.4) is 0 Å². The Labute approximate surface area is 64.7 Å². The molecule has 0 aliphatic carbocycles. The van der Waals surface area contributed by atoms with E-state index in [1.54, 1.807) is 0 Å². The first kappa shape index (κ1) is 7.00. The standard InChI is InChI=1S/C8H10O3/c9-3-5-6(4-10)8-2-1-7(5)11-8/h1-3,5-8,10H,4H2/t5-,6+,7+,8-/m0/s1. The molecule has 2 heterocycles. The van der Waals surface area contributed by atoms with Gasteiger partial charge in [-0.1, -0.05) is 12.2 Å². The third-order valence-corrected chi connectivity index (χ3v) is 2.47. The highest BCUT2D eigenvalue weighted by Gasteiger charge is 2.45. The molecule has 2 bridgehead atoms. The van der Waals surface area contributed by atoms with Crippen LogP contribution in [0.15, 0.2) is 12.2 Å². The van der Waals surface area contributed by atoms with Crippen molar-refractivity contribution in [1.29, 1.82) is 0 Å². The largest absolute Gasteiger partial charge is 0.396 e. The lowest BCUT2D eigenvalue weighted by atomic mass is 9.85. The summed E-state index contributed by atoms with van der Waals surface area (Å²) in [5, 5.41) is 8.92. The van der Waals surface area contributed by atoms with Crippen molar-refractivity contribution in [2.45, 2.75) is 12.2 Å². The molecule has 0 radical (unpaired) electrons. The zero-order valence-electron chi connectivity index (χ0n) is 6.01. The van der Waals surface area contributed by atoms with Crippen LogP contribution in [0.5, 0.6) is 0 Å². The zero-order chi connectivity index (χ0) is 7.84. The summed E-state index contributed by atoms with van der Waals surface area (Å²) in [6, 6.07) is 0. The molecule has 11 heavy (non-hydrogen) atoms. The van der Waals surface area contributed by atoms with Gasteiger partial charge >= 0.3 is 0 Å². The van der Waals surface area contributed by atoms with Crippen LogP contribution in [0.2, 0.25) is 0 Å². The summed E-state index contributed by atoms with van der Waals surface area (Å²) in [5.74, 6) is -0.141. The predicted molar refractivity (Wildman–Crippen MR) is 37.9 cm³/mol. The van der Waals surface area contributed by atoms with Gasteiger partial charge in [-0.05, 0) is 0 Å². The number of aliphatic hydroxyl groups is 1. The fourth-order valence-electron chi connectivity index (χ4n) is 1.82. The van der Waals surface area contributed by atoms with Gasteiger partial charge in [-0.15, -0.1) is 0 Å². The molecule has 0 spiro atoms. The Kier molecular flexibility index (Phi) is 1.55. The minimum Gasteiger partial charge on any atom is -0.396 e. The molecule has 1 fully saturated rings. The first-order chi connectivity index (χ1) is 5.36. The lowest BCUT2D eigenvalue weighted by Gasteiger charge is -2.16. The summed E-state index contributed by atoms with van der Waals surface area (Å²) in [7, 11) is 0. The van der Waals surface area contributed by atoms with Gasteiger partial charge in [0.15, 0.2) is 0 Å². The monoisotopic (exact) mass is 154 g/mol. The van der Waals surface area contributed by atoms with Crippen LogP contribution in [0.25, 0.3) is 0 Å². The Morgan fingerprint density at radius 1 is 1.45 bits per heavy atom. The van der Waals surface area contributed by atoms with E-state index in [0.717, 1.165) is 6.29 Å². The molecule has 0 unspecified atom stereocenters. The molecular formula is C8H10O3. The number of fused-ring (bicyclic) bond motifs is 2. The number of rotatable bonds is 2. The average Bonchev–Trinajstić information content (AvgIpc) is 2.60.